The summed E-state index contributed by atoms with van der Waals surface area (Å²) in [5, 5.41) is 14.0. The molecule has 3 aromatic rings. The van der Waals surface area contributed by atoms with Crippen molar-refractivity contribution in [3.8, 4) is 0 Å². The number of thiazole rings is 1. The van der Waals surface area contributed by atoms with Crippen molar-refractivity contribution in [2.24, 2.45) is 0 Å². The largest absolute Gasteiger partial charge is 0.477 e. The molecule has 0 atom stereocenters. The van der Waals surface area contributed by atoms with E-state index in [0.29, 0.717) is 23.8 Å². The zero-order chi connectivity index (χ0) is 20.1. The van der Waals surface area contributed by atoms with E-state index < -0.39 is 22.9 Å². The molecule has 0 aliphatic rings. The first-order valence-electron chi connectivity index (χ1n) is 8.43. The van der Waals surface area contributed by atoms with Crippen LogP contribution >= 0.6 is 11.3 Å². The molecule has 0 bridgehead atoms. The molecule has 0 aliphatic carbocycles. The summed E-state index contributed by atoms with van der Waals surface area (Å²) in [5.41, 5.74) is 5.68. The molecule has 2 aromatic heterocycles. The molecule has 2 heterocycles. The molecule has 0 unspecified atom stereocenters. The first-order chi connectivity index (χ1) is 13.4. The van der Waals surface area contributed by atoms with Gasteiger partial charge in [0.1, 0.15) is 11.1 Å². The smallest absolute Gasteiger partial charge is 0.341 e. The highest BCUT2D eigenvalue weighted by Gasteiger charge is 2.19. The van der Waals surface area contributed by atoms with E-state index in [1.807, 2.05) is 30.3 Å². The van der Waals surface area contributed by atoms with Gasteiger partial charge in [0.2, 0.25) is 5.43 Å². The van der Waals surface area contributed by atoms with E-state index in [1.54, 1.807) is 9.95 Å². The summed E-state index contributed by atoms with van der Waals surface area (Å²) in [5.74, 6) is -2.03. The lowest BCUT2D eigenvalue weighted by molar-refractivity contribution is 0.0694. The highest BCUT2D eigenvalue weighted by molar-refractivity contribution is 7.13. The van der Waals surface area contributed by atoms with E-state index in [2.05, 4.69) is 10.3 Å². The molecule has 0 fully saturated rings. The molecular weight excluding hydrogens is 380 g/mol. The van der Waals surface area contributed by atoms with Gasteiger partial charge in [0, 0.05) is 24.3 Å². The van der Waals surface area contributed by atoms with Gasteiger partial charge in [-0.05, 0) is 12.0 Å². The minimum absolute atomic E-state index is 0.0906. The minimum Gasteiger partial charge on any atom is -0.477 e. The summed E-state index contributed by atoms with van der Waals surface area (Å²) in [6.07, 6.45) is 3.26. The number of aromatic nitrogens is 2. The van der Waals surface area contributed by atoms with Crippen LogP contribution in [-0.4, -0.2) is 26.5 Å². The molecule has 144 valence electrons. The van der Waals surface area contributed by atoms with Gasteiger partial charge in [-0.1, -0.05) is 30.3 Å². The van der Waals surface area contributed by atoms with Crippen molar-refractivity contribution >= 4 is 28.3 Å². The number of hydrogen-bond acceptors (Lipinski definition) is 6. The average Bonchev–Trinajstić information content (AvgIpc) is 3.11. The van der Waals surface area contributed by atoms with E-state index in [1.165, 1.54) is 23.7 Å². The normalized spacial score (nSPS) is 10.6. The van der Waals surface area contributed by atoms with E-state index in [-0.39, 0.29) is 12.1 Å². The highest BCUT2D eigenvalue weighted by atomic mass is 32.1. The van der Waals surface area contributed by atoms with Crippen LogP contribution in [0.4, 0.5) is 5.13 Å². The lowest BCUT2D eigenvalue weighted by atomic mass is 10.1. The molecule has 1 aromatic carbocycles. The van der Waals surface area contributed by atoms with Gasteiger partial charge in [-0.2, -0.15) is 0 Å². The number of carbonyl (C=O) groups is 2. The van der Waals surface area contributed by atoms with Gasteiger partial charge < -0.3 is 20.7 Å². The Kier molecular flexibility index (Phi) is 5.85. The molecule has 0 saturated heterocycles. The number of aromatic carboxylic acids is 1. The van der Waals surface area contributed by atoms with Gasteiger partial charge in [0.15, 0.2) is 5.13 Å². The number of carboxylic acids is 1. The van der Waals surface area contributed by atoms with Gasteiger partial charge in [0.25, 0.3) is 5.91 Å². The fourth-order valence-corrected chi connectivity index (χ4v) is 3.21. The van der Waals surface area contributed by atoms with Crippen molar-refractivity contribution < 1.29 is 14.7 Å². The number of benzene rings is 1. The molecule has 0 saturated carbocycles. The second-order valence-corrected chi connectivity index (χ2v) is 6.94. The molecule has 0 radical (unpaired) electrons. The quantitative estimate of drug-likeness (QED) is 0.556. The molecule has 1 amide bonds. The van der Waals surface area contributed by atoms with Gasteiger partial charge in [-0.3, -0.25) is 9.59 Å². The molecule has 3 rings (SSSR count). The van der Waals surface area contributed by atoms with Crippen molar-refractivity contribution in [2.45, 2.75) is 19.5 Å². The number of nitrogens with two attached hydrogens (primary N) is 1. The predicted octanol–water partition coefficient (Wildman–Crippen LogP) is 1.76. The van der Waals surface area contributed by atoms with Crippen LogP contribution in [0.2, 0.25) is 0 Å². The summed E-state index contributed by atoms with van der Waals surface area (Å²) < 4.78 is 1.55. The topological polar surface area (TPSA) is 127 Å². The first kappa shape index (κ1) is 19.3. The van der Waals surface area contributed by atoms with E-state index in [0.717, 1.165) is 5.56 Å². The maximum absolute atomic E-state index is 12.5. The molecule has 0 aliphatic heterocycles. The van der Waals surface area contributed by atoms with E-state index in [9.17, 15) is 19.5 Å². The Morgan fingerprint density at radius 1 is 1.18 bits per heavy atom. The van der Waals surface area contributed by atoms with Crippen LogP contribution in [0.1, 0.15) is 32.0 Å². The average molecular weight is 398 g/mol. The number of amides is 1. The van der Waals surface area contributed by atoms with Crippen molar-refractivity contribution in [3.63, 3.8) is 0 Å². The Morgan fingerprint density at radius 2 is 1.89 bits per heavy atom. The Morgan fingerprint density at radius 3 is 2.54 bits per heavy atom. The fraction of sp³-hybridized carbons (Fsp3) is 0.158. The molecule has 28 heavy (non-hydrogen) atoms. The van der Waals surface area contributed by atoms with E-state index in [4.69, 9.17) is 5.73 Å². The third-order valence-electron chi connectivity index (χ3n) is 4.06. The number of carbonyl (C=O) groups excluding carboxylic acids is 1. The Labute approximate surface area is 164 Å². The summed E-state index contributed by atoms with van der Waals surface area (Å²) in [6.45, 7) is 0.515. The zero-order valence-corrected chi connectivity index (χ0v) is 15.6. The summed E-state index contributed by atoms with van der Waals surface area (Å²) in [6, 6.07) is 9.63. The molecular formula is C19H18N4O4S. The van der Waals surface area contributed by atoms with Crippen LogP contribution in [-0.2, 0) is 19.5 Å². The highest BCUT2D eigenvalue weighted by Crippen LogP contribution is 2.11. The van der Waals surface area contributed by atoms with Crippen molar-refractivity contribution in [3.05, 3.63) is 80.7 Å². The van der Waals surface area contributed by atoms with Crippen LogP contribution < -0.4 is 16.5 Å². The van der Waals surface area contributed by atoms with Gasteiger partial charge >= 0.3 is 5.97 Å². The Hall–Kier alpha value is -3.46. The third kappa shape index (κ3) is 4.63. The molecule has 0 spiro atoms. The van der Waals surface area contributed by atoms with Gasteiger partial charge in [0.05, 0.1) is 12.2 Å². The van der Waals surface area contributed by atoms with Crippen molar-refractivity contribution in [2.75, 3.05) is 5.73 Å². The third-order valence-corrected chi connectivity index (χ3v) is 4.78. The number of pyridine rings is 1. The van der Waals surface area contributed by atoms with Crippen LogP contribution in [0.15, 0.2) is 52.9 Å². The van der Waals surface area contributed by atoms with Crippen LogP contribution in [0.25, 0.3) is 0 Å². The number of hydrogen-bond donors (Lipinski definition) is 3. The molecule has 8 nitrogen and oxygen atoms in total. The summed E-state index contributed by atoms with van der Waals surface area (Å²) in [7, 11) is 0. The van der Waals surface area contributed by atoms with Crippen LogP contribution in [0, 0.1) is 0 Å². The SMILES string of the molecule is Nc1nc(CNC(=O)c2cn(CCc3ccccc3)cc(C(=O)O)c2=O)cs1. The number of anilines is 1. The van der Waals surface area contributed by atoms with Crippen molar-refractivity contribution in [1.29, 1.82) is 0 Å². The summed E-state index contributed by atoms with van der Waals surface area (Å²) in [4.78, 5) is 40.3. The maximum Gasteiger partial charge on any atom is 0.341 e. The lowest BCUT2D eigenvalue weighted by Gasteiger charge is -2.11. The maximum atomic E-state index is 12.5. The standard InChI is InChI=1S/C19H18N4O4S/c20-19-22-13(11-28-19)8-21-17(25)14-9-23(10-15(16(14)24)18(26)27)7-6-12-4-2-1-3-5-12/h1-5,9-11H,6-8H2,(H2,20,22)(H,21,25)(H,26,27). The number of nitrogens with zero attached hydrogens (tertiary/aromatic N) is 2. The zero-order valence-electron chi connectivity index (χ0n) is 14.8. The molecule has 9 heteroatoms. The van der Waals surface area contributed by atoms with Crippen LogP contribution in [0.5, 0.6) is 0 Å². The van der Waals surface area contributed by atoms with Crippen molar-refractivity contribution in [1.82, 2.24) is 14.9 Å². The number of aryl methyl sites for hydroxylation is 2. The fourth-order valence-electron chi connectivity index (χ4n) is 2.65. The monoisotopic (exact) mass is 398 g/mol. The summed E-state index contributed by atoms with van der Waals surface area (Å²) >= 11 is 1.24. The predicted molar refractivity (Wildman–Crippen MR) is 106 cm³/mol. The van der Waals surface area contributed by atoms with Gasteiger partial charge in [-0.15, -0.1) is 11.3 Å². The van der Waals surface area contributed by atoms with Gasteiger partial charge in [-0.25, -0.2) is 9.78 Å². The number of nitrogen functional groups attached to an aromatic ring is 1. The molecule has 4 N–H and O–H groups in total. The number of nitrogens with one attached hydrogen (secondary N) is 1. The number of rotatable bonds is 7. The number of carboxylic acid groups (broad SMARTS) is 1. The lowest BCUT2D eigenvalue weighted by Crippen LogP contribution is -2.32. The minimum atomic E-state index is -1.37. The second kappa shape index (κ2) is 8.49. The Bertz CT molecular complexity index is 1060. The Balaban J connectivity index is 1.82. The van der Waals surface area contributed by atoms with E-state index >= 15 is 0 Å². The first-order valence-corrected chi connectivity index (χ1v) is 9.31. The second-order valence-electron chi connectivity index (χ2n) is 6.05. The van der Waals surface area contributed by atoms with Crippen LogP contribution in [0.3, 0.4) is 0 Å².